The fourth-order valence-corrected chi connectivity index (χ4v) is 3.13. The van der Waals surface area contributed by atoms with Crippen molar-refractivity contribution in [3.05, 3.63) is 16.8 Å². The average Bonchev–Trinajstić information content (AvgIpc) is 2.62. The first-order chi connectivity index (χ1) is 8.50. The number of thiophene rings is 1. The zero-order valence-corrected chi connectivity index (χ0v) is 13.6. The molecule has 2 rings (SSSR count). The Labute approximate surface area is 120 Å². The summed E-state index contributed by atoms with van der Waals surface area (Å²) in [6.45, 7) is 7.46. The average molecular weight is 328 g/mol. The highest BCUT2D eigenvalue weighted by Crippen LogP contribution is 2.33. The molecule has 0 aliphatic rings. The third-order valence-electron chi connectivity index (χ3n) is 3.17. The van der Waals surface area contributed by atoms with Gasteiger partial charge in [-0.2, -0.15) is 0 Å². The summed E-state index contributed by atoms with van der Waals surface area (Å²) in [5.41, 5.74) is 1.31. The quantitative estimate of drug-likeness (QED) is 0.797. The van der Waals surface area contributed by atoms with E-state index in [4.69, 9.17) is 0 Å². The van der Waals surface area contributed by atoms with Crippen LogP contribution in [0.15, 0.2) is 6.33 Å². The number of fused-ring (bicyclic) bond motifs is 1. The number of alkyl halides is 1. The molecule has 5 heteroatoms. The van der Waals surface area contributed by atoms with E-state index < -0.39 is 0 Å². The van der Waals surface area contributed by atoms with Crippen molar-refractivity contribution in [3.8, 4) is 0 Å². The normalized spacial score (nSPS) is 12.9. The van der Waals surface area contributed by atoms with Crippen molar-refractivity contribution >= 4 is 43.3 Å². The highest BCUT2D eigenvalue weighted by molar-refractivity contribution is 9.09. The van der Waals surface area contributed by atoms with Crippen molar-refractivity contribution in [1.82, 2.24) is 9.97 Å². The van der Waals surface area contributed by atoms with Gasteiger partial charge in [0.1, 0.15) is 17.0 Å². The summed E-state index contributed by atoms with van der Waals surface area (Å²) in [5, 5.41) is 1.21. The molecule has 0 aromatic carbocycles. The van der Waals surface area contributed by atoms with Gasteiger partial charge in [-0.05, 0) is 25.8 Å². The number of rotatable bonds is 4. The van der Waals surface area contributed by atoms with Crippen LogP contribution in [0.25, 0.3) is 10.2 Å². The van der Waals surface area contributed by atoms with E-state index in [1.807, 2.05) is 0 Å². The summed E-state index contributed by atoms with van der Waals surface area (Å²) in [4.78, 5) is 14.0. The van der Waals surface area contributed by atoms with Gasteiger partial charge in [0.2, 0.25) is 0 Å². The van der Waals surface area contributed by atoms with Gasteiger partial charge in [-0.3, -0.25) is 0 Å². The van der Waals surface area contributed by atoms with E-state index in [2.05, 4.69) is 58.6 Å². The summed E-state index contributed by atoms with van der Waals surface area (Å²) >= 11 is 5.33. The molecular formula is C13H18BrN3S. The number of halogens is 1. The van der Waals surface area contributed by atoms with Gasteiger partial charge >= 0.3 is 0 Å². The minimum absolute atomic E-state index is 0.530. The number of anilines is 1. The second-order valence-electron chi connectivity index (χ2n) is 4.65. The minimum Gasteiger partial charge on any atom is -0.359 e. The maximum atomic E-state index is 4.47. The fourth-order valence-electron chi connectivity index (χ4n) is 1.93. The van der Waals surface area contributed by atoms with Gasteiger partial charge in [0.15, 0.2) is 0 Å². The summed E-state index contributed by atoms with van der Waals surface area (Å²) in [5.74, 6) is 1.05. The maximum absolute atomic E-state index is 4.47. The SMILES string of the molecule is Cc1sc2ncnc(N(C)CCC(C)Br)c2c1C. The van der Waals surface area contributed by atoms with E-state index in [1.54, 1.807) is 17.7 Å². The van der Waals surface area contributed by atoms with Gasteiger partial charge in [-0.1, -0.05) is 22.9 Å². The van der Waals surface area contributed by atoms with E-state index in [9.17, 15) is 0 Å². The molecule has 1 atom stereocenters. The zero-order chi connectivity index (χ0) is 13.3. The first kappa shape index (κ1) is 13.7. The van der Waals surface area contributed by atoms with Crippen molar-refractivity contribution in [1.29, 1.82) is 0 Å². The van der Waals surface area contributed by atoms with Crippen LogP contribution < -0.4 is 4.90 Å². The Balaban J connectivity index is 2.38. The maximum Gasteiger partial charge on any atom is 0.140 e. The lowest BCUT2D eigenvalue weighted by Crippen LogP contribution is -2.21. The highest BCUT2D eigenvalue weighted by atomic mass is 79.9. The van der Waals surface area contributed by atoms with Crippen molar-refractivity contribution in [2.45, 2.75) is 32.0 Å². The Kier molecular flexibility index (Phi) is 4.22. The van der Waals surface area contributed by atoms with E-state index >= 15 is 0 Å². The van der Waals surface area contributed by atoms with Crippen LogP contribution in [-0.4, -0.2) is 28.4 Å². The number of hydrogen-bond donors (Lipinski definition) is 0. The minimum atomic E-state index is 0.530. The lowest BCUT2D eigenvalue weighted by Gasteiger charge is -2.19. The van der Waals surface area contributed by atoms with E-state index in [1.165, 1.54) is 15.8 Å². The van der Waals surface area contributed by atoms with Crippen molar-refractivity contribution < 1.29 is 0 Å². The Morgan fingerprint density at radius 3 is 2.78 bits per heavy atom. The lowest BCUT2D eigenvalue weighted by molar-refractivity contribution is 0.780. The third kappa shape index (κ3) is 2.67. The summed E-state index contributed by atoms with van der Waals surface area (Å²) < 4.78 is 0. The van der Waals surface area contributed by atoms with Crippen LogP contribution in [0.1, 0.15) is 23.8 Å². The molecule has 0 aliphatic heterocycles. The largest absolute Gasteiger partial charge is 0.359 e. The van der Waals surface area contributed by atoms with Crippen LogP contribution in [0.5, 0.6) is 0 Å². The van der Waals surface area contributed by atoms with Gasteiger partial charge in [0.25, 0.3) is 0 Å². The standard InChI is InChI=1S/C13H18BrN3S/c1-8(14)5-6-17(4)12-11-9(2)10(3)18-13(11)16-7-15-12/h7-8H,5-6H2,1-4H3. The summed E-state index contributed by atoms with van der Waals surface area (Å²) in [7, 11) is 2.10. The van der Waals surface area contributed by atoms with Gasteiger partial charge in [-0.25, -0.2) is 9.97 Å². The highest BCUT2D eigenvalue weighted by Gasteiger charge is 2.14. The molecule has 2 heterocycles. The summed E-state index contributed by atoms with van der Waals surface area (Å²) in [6.07, 6.45) is 2.77. The van der Waals surface area contributed by atoms with Crippen molar-refractivity contribution in [2.75, 3.05) is 18.5 Å². The second-order valence-corrected chi connectivity index (χ2v) is 7.42. The van der Waals surface area contributed by atoms with Gasteiger partial charge in [0.05, 0.1) is 5.39 Å². The Morgan fingerprint density at radius 2 is 2.11 bits per heavy atom. The number of aryl methyl sites for hydroxylation is 2. The molecule has 0 bridgehead atoms. The van der Waals surface area contributed by atoms with Crippen LogP contribution >= 0.6 is 27.3 Å². The van der Waals surface area contributed by atoms with Gasteiger partial charge in [-0.15, -0.1) is 11.3 Å². The number of nitrogens with zero attached hydrogens (tertiary/aromatic N) is 3. The van der Waals surface area contributed by atoms with Crippen LogP contribution in [0.3, 0.4) is 0 Å². The summed E-state index contributed by atoms with van der Waals surface area (Å²) in [6, 6.07) is 0. The molecule has 18 heavy (non-hydrogen) atoms. The molecule has 0 fully saturated rings. The Morgan fingerprint density at radius 1 is 1.39 bits per heavy atom. The smallest absolute Gasteiger partial charge is 0.140 e. The topological polar surface area (TPSA) is 29.0 Å². The van der Waals surface area contributed by atoms with E-state index in [-0.39, 0.29) is 0 Å². The van der Waals surface area contributed by atoms with Crippen LogP contribution in [0.4, 0.5) is 5.82 Å². The molecule has 0 N–H and O–H groups in total. The molecule has 0 saturated carbocycles. The van der Waals surface area contributed by atoms with E-state index in [0.717, 1.165) is 23.6 Å². The predicted octanol–water partition coefficient (Wildman–Crippen LogP) is 3.92. The molecule has 0 spiro atoms. The predicted molar refractivity (Wildman–Crippen MR) is 83.2 cm³/mol. The lowest BCUT2D eigenvalue weighted by atomic mass is 10.2. The molecule has 3 nitrogen and oxygen atoms in total. The zero-order valence-electron chi connectivity index (χ0n) is 11.2. The molecule has 1 unspecified atom stereocenters. The molecule has 2 aromatic heterocycles. The van der Waals surface area contributed by atoms with Crippen LogP contribution in [0, 0.1) is 13.8 Å². The molecule has 0 aliphatic carbocycles. The molecular weight excluding hydrogens is 310 g/mol. The van der Waals surface area contributed by atoms with E-state index in [0.29, 0.717) is 4.83 Å². The number of aromatic nitrogens is 2. The molecule has 98 valence electrons. The molecule has 0 amide bonds. The number of hydrogen-bond acceptors (Lipinski definition) is 4. The van der Waals surface area contributed by atoms with Crippen molar-refractivity contribution in [3.63, 3.8) is 0 Å². The van der Waals surface area contributed by atoms with Gasteiger partial charge in [0, 0.05) is 23.3 Å². The van der Waals surface area contributed by atoms with Crippen LogP contribution in [0.2, 0.25) is 0 Å². The monoisotopic (exact) mass is 327 g/mol. The molecule has 0 radical (unpaired) electrons. The van der Waals surface area contributed by atoms with Gasteiger partial charge < -0.3 is 4.90 Å². The Bertz CT molecular complexity index is 550. The van der Waals surface area contributed by atoms with Crippen LogP contribution in [-0.2, 0) is 0 Å². The first-order valence-electron chi connectivity index (χ1n) is 6.06. The molecule has 0 saturated heterocycles. The molecule has 2 aromatic rings. The first-order valence-corrected chi connectivity index (χ1v) is 7.79. The second kappa shape index (κ2) is 5.53. The van der Waals surface area contributed by atoms with Crippen molar-refractivity contribution in [2.24, 2.45) is 0 Å². The Hall–Kier alpha value is -0.680. The third-order valence-corrected chi connectivity index (χ3v) is 4.74. The fraction of sp³-hybridized carbons (Fsp3) is 0.538.